The van der Waals surface area contributed by atoms with E-state index in [-0.39, 0.29) is 11.7 Å². The van der Waals surface area contributed by atoms with Crippen LogP contribution in [0.3, 0.4) is 0 Å². The predicted octanol–water partition coefficient (Wildman–Crippen LogP) is 4.32. The standard InChI is InChI=1S/C16H10BrN3O2/c17-10-6-5-9-7-14(22-13(9)8-10)15(21)20-16-18-11-3-1-2-4-12(11)19-16/h1-8H,(H2,18,19,20,21). The average Bonchev–Trinajstić information content (AvgIpc) is 3.09. The van der Waals surface area contributed by atoms with Gasteiger partial charge in [0.15, 0.2) is 5.76 Å². The van der Waals surface area contributed by atoms with E-state index in [1.54, 1.807) is 6.07 Å². The number of aromatic nitrogens is 2. The number of carbonyl (C=O) groups is 1. The van der Waals surface area contributed by atoms with Gasteiger partial charge in [0.25, 0.3) is 5.91 Å². The molecule has 22 heavy (non-hydrogen) atoms. The zero-order chi connectivity index (χ0) is 15.1. The summed E-state index contributed by atoms with van der Waals surface area (Å²) >= 11 is 3.38. The van der Waals surface area contributed by atoms with E-state index in [1.807, 2.05) is 42.5 Å². The Morgan fingerprint density at radius 1 is 1.18 bits per heavy atom. The number of carbonyl (C=O) groups excluding carboxylic acids is 1. The molecule has 0 saturated carbocycles. The number of H-pyrrole nitrogens is 1. The molecule has 0 saturated heterocycles. The highest BCUT2D eigenvalue weighted by Crippen LogP contribution is 2.24. The number of hydrogen-bond acceptors (Lipinski definition) is 3. The van der Waals surface area contributed by atoms with Crippen LogP contribution in [0.1, 0.15) is 10.6 Å². The van der Waals surface area contributed by atoms with Crippen LogP contribution in [0.4, 0.5) is 5.95 Å². The van der Waals surface area contributed by atoms with Crippen molar-refractivity contribution < 1.29 is 9.21 Å². The second kappa shape index (κ2) is 4.99. The lowest BCUT2D eigenvalue weighted by molar-refractivity contribution is 0.0998. The smallest absolute Gasteiger partial charge is 0.293 e. The maximum Gasteiger partial charge on any atom is 0.293 e. The summed E-state index contributed by atoms with van der Waals surface area (Å²) in [5, 5.41) is 3.59. The van der Waals surface area contributed by atoms with Gasteiger partial charge in [0, 0.05) is 9.86 Å². The predicted molar refractivity (Wildman–Crippen MR) is 88.0 cm³/mol. The quantitative estimate of drug-likeness (QED) is 0.562. The van der Waals surface area contributed by atoms with E-state index >= 15 is 0 Å². The number of rotatable bonds is 2. The molecule has 0 spiro atoms. The normalized spacial score (nSPS) is 11.1. The van der Waals surface area contributed by atoms with Crippen LogP contribution in [0.2, 0.25) is 0 Å². The number of nitrogens with zero attached hydrogens (tertiary/aromatic N) is 1. The molecule has 6 heteroatoms. The summed E-state index contributed by atoms with van der Waals surface area (Å²) in [4.78, 5) is 19.6. The number of anilines is 1. The van der Waals surface area contributed by atoms with Gasteiger partial charge in [-0.25, -0.2) is 4.98 Å². The van der Waals surface area contributed by atoms with Crippen LogP contribution in [0.25, 0.3) is 22.0 Å². The van der Waals surface area contributed by atoms with Crippen LogP contribution in [-0.2, 0) is 0 Å². The van der Waals surface area contributed by atoms with E-state index < -0.39 is 0 Å². The lowest BCUT2D eigenvalue weighted by Crippen LogP contribution is -2.11. The number of aromatic amines is 1. The fraction of sp³-hybridized carbons (Fsp3) is 0. The van der Waals surface area contributed by atoms with Crippen molar-refractivity contribution in [2.75, 3.05) is 5.32 Å². The second-order valence-electron chi connectivity index (χ2n) is 4.85. The van der Waals surface area contributed by atoms with Crippen LogP contribution in [0.15, 0.2) is 57.4 Å². The Morgan fingerprint density at radius 3 is 2.91 bits per heavy atom. The van der Waals surface area contributed by atoms with E-state index in [9.17, 15) is 4.79 Å². The molecule has 108 valence electrons. The summed E-state index contributed by atoms with van der Waals surface area (Å²) in [6, 6.07) is 14.9. The van der Waals surface area contributed by atoms with Crippen molar-refractivity contribution in [2.45, 2.75) is 0 Å². The van der Waals surface area contributed by atoms with Crippen LogP contribution in [0, 0.1) is 0 Å². The SMILES string of the molecule is O=C(Nc1nc2ccccc2[nH]1)c1cc2ccc(Br)cc2o1. The fourth-order valence-electron chi connectivity index (χ4n) is 2.30. The van der Waals surface area contributed by atoms with Crippen LogP contribution < -0.4 is 5.32 Å². The van der Waals surface area contributed by atoms with Gasteiger partial charge in [-0.15, -0.1) is 0 Å². The monoisotopic (exact) mass is 355 g/mol. The van der Waals surface area contributed by atoms with Gasteiger partial charge in [-0.05, 0) is 36.4 Å². The minimum Gasteiger partial charge on any atom is -0.451 e. The summed E-state index contributed by atoms with van der Waals surface area (Å²) in [6.07, 6.45) is 0. The van der Waals surface area contributed by atoms with E-state index in [0.717, 1.165) is 20.9 Å². The number of para-hydroxylation sites is 2. The molecule has 0 bridgehead atoms. The van der Waals surface area contributed by atoms with Crippen molar-refractivity contribution in [3.63, 3.8) is 0 Å². The van der Waals surface area contributed by atoms with E-state index in [2.05, 4.69) is 31.2 Å². The fourth-order valence-corrected chi connectivity index (χ4v) is 2.64. The summed E-state index contributed by atoms with van der Waals surface area (Å²) in [5.74, 6) is 0.299. The van der Waals surface area contributed by atoms with Gasteiger partial charge in [-0.2, -0.15) is 0 Å². The molecule has 0 unspecified atom stereocenters. The maximum atomic E-state index is 12.3. The van der Waals surface area contributed by atoms with Crippen molar-refractivity contribution in [1.82, 2.24) is 9.97 Å². The van der Waals surface area contributed by atoms with Crippen LogP contribution in [-0.4, -0.2) is 15.9 Å². The van der Waals surface area contributed by atoms with Crippen molar-refractivity contribution in [3.05, 3.63) is 58.8 Å². The van der Waals surface area contributed by atoms with Gasteiger partial charge in [0.2, 0.25) is 5.95 Å². The molecule has 2 heterocycles. The lowest BCUT2D eigenvalue weighted by atomic mass is 10.2. The van der Waals surface area contributed by atoms with Gasteiger partial charge in [-0.3, -0.25) is 10.1 Å². The van der Waals surface area contributed by atoms with Gasteiger partial charge in [0.05, 0.1) is 11.0 Å². The van der Waals surface area contributed by atoms with Crippen molar-refractivity contribution in [2.24, 2.45) is 0 Å². The molecule has 0 radical (unpaired) electrons. The van der Waals surface area contributed by atoms with Gasteiger partial charge < -0.3 is 9.40 Å². The third-order valence-electron chi connectivity index (χ3n) is 3.33. The zero-order valence-corrected chi connectivity index (χ0v) is 12.8. The summed E-state index contributed by atoms with van der Waals surface area (Å²) in [5.41, 5.74) is 2.32. The summed E-state index contributed by atoms with van der Waals surface area (Å²) in [6.45, 7) is 0. The molecule has 0 aliphatic carbocycles. The number of halogens is 1. The van der Waals surface area contributed by atoms with Gasteiger partial charge in [-0.1, -0.05) is 28.1 Å². The number of amides is 1. The third kappa shape index (κ3) is 2.27. The first kappa shape index (κ1) is 13.1. The second-order valence-corrected chi connectivity index (χ2v) is 5.77. The van der Waals surface area contributed by atoms with E-state index in [4.69, 9.17) is 4.42 Å². The van der Waals surface area contributed by atoms with E-state index in [0.29, 0.717) is 11.5 Å². The van der Waals surface area contributed by atoms with Gasteiger partial charge in [0.1, 0.15) is 5.58 Å². The minimum absolute atomic E-state index is 0.244. The van der Waals surface area contributed by atoms with Crippen molar-refractivity contribution in [3.8, 4) is 0 Å². The molecular weight excluding hydrogens is 346 g/mol. The highest BCUT2D eigenvalue weighted by atomic mass is 79.9. The molecule has 0 aliphatic heterocycles. The number of fused-ring (bicyclic) bond motifs is 2. The topological polar surface area (TPSA) is 70.9 Å². The molecule has 4 rings (SSSR count). The number of imidazole rings is 1. The molecule has 0 aliphatic rings. The first-order valence-electron chi connectivity index (χ1n) is 6.64. The Morgan fingerprint density at radius 2 is 2.05 bits per heavy atom. The van der Waals surface area contributed by atoms with Crippen LogP contribution >= 0.6 is 15.9 Å². The Bertz CT molecular complexity index is 970. The maximum absolute atomic E-state index is 12.3. The molecule has 2 aromatic heterocycles. The van der Waals surface area contributed by atoms with Gasteiger partial charge >= 0.3 is 0 Å². The Balaban J connectivity index is 1.65. The molecule has 5 nitrogen and oxygen atoms in total. The highest BCUT2D eigenvalue weighted by Gasteiger charge is 2.14. The number of benzene rings is 2. The third-order valence-corrected chi connectivity index (χ3v) is 3.82. The Hall–Kier alpha value is -2.60. The first-order valence-corrected chi connectivity index (χ1v) is 7.43. The number of nitrogens with one attached hydrogen (secondary N) is 2. The summed E-state index contributed by atoms with van der Waals surface area (Å²) in [7, 11) is 0. The number of furan rings is 1. The highest BCUT2D eigenvalue weighted by molar-refractivity contribution is 9.10. The first-order chi connectivity index (χ1) is 10.7. The zero-order valence-electron chi connectivity index (χ0n) is 11.3. The number of hydrogen-bond donors (Lipinski definition) is 2. The van der Waals surface area contributed by atoms with E-state index in [1.165, 1.54) is 0 Å². The molecule has 2 N–H and O–H groups in total. The largest absolute Gasteiger partial charge is 0.451 e. The van der Waals surface area contributed by atoms with Crippen molar-refractivity contribution >= 4 is 49.8 Å². The Labute approximate surface area is 133 Å². The average molecular weight is 356 g/mol. The van der Waals surface area contributed by atoms with Crippen molar-refractivity contribution in [1.29, 1.82) is 0 Å². The molecule has 0 atom stereocenters. The lowest BCUT2D eigenvalue weighted by Gasteiger charge is -1.97. The molecule has 2 aromatic carbocycles. The molecular formula is C16H10BrN3O2. The summed E-state index contributed by atoms with van der Waals surface area (Å²) < 4.78 is 6.47. The molecule has 1 amide bonds. The molecule has 4 aromatic rings. The minimum atomic E-state index is -0.341. The molecule has 0 fully saturated rings. The van der Waals surface area contributed by atoms with Crippen LogP contribution in [0.5, 0.6) is 0 Å². The Kier molecular flexibility index (Phi) is 2.97.